The van der Waals surface area contributed by atoms with Crippen LogP contribution in [-0.4, -0.2) is 88.3 Å². The molecule has 358 valence electrons. The summed E-state index contributed by atoms with van der Waals surface area (Å²) in [6, 6.07) is 16.5. The van der Waals surface area contributed by atoms with E-state index in [4.69, 9.17) is 25.7 Å². The Kier molecular flexibility index (Phi) is 18.0. The molecule has 0 spiro atoms. The van der Waals surface area contributed by atoms with Crippen molar-refractivity contribution < 1.29 is 43.0 Å². The summed E-state index contributed by atoms with van der Waals surface area (Å²) in [5, 5.41) is 14.6. The number of para-hydroxylation sites is 1. The fourth-order valence-electron chi connectivity index (χ4n) is 6.85. The van der Waals surface area contributed by atoms with Gasteiger partial charge in [0.1, 0.15) is 46.7 Å². The van der Waals surface area contributed by atoms with Crippen molar-refractivity contribution in [3.8, 4) is 5.75 Å². The molecule has 0 unspecified atom stereocenters. The lowest BCUT2D eigenvalue weighted by Gasteiger charge is -2.27. The van der Waals surface area contributed by atoms with Crippen LogP contribution in [0.5, 0.6) is 5.75 Å². The molecule has 66 heavy (non-hydrogen) atoms. The van der Waals surface area contributed by atoms with Gasteiger partial charge in [-0.25, -0.2) is 9.59 Å². The number of ether oxygens (including phenoxy) is 3. The number of anilines is 1. The Balaban J connectivity index is 1.64. The minimum absolute atomic E-state index is 0.0197. The second-order valence-electron chi connectivity index (χ2n) is 19.3. The van der Waals surface area contributed by atoms with E-state index in [-0.39, 0.29) is 32.2 Å². The van der Waals surface area contributed by atoms with E-state index >= 15 is 0 Å². The molecule has 0 aliphatic heterocycles. The highest BCUT2D eigenvalue weighted by Crippen LogP contribution is 2.21. The number of unbranched alkanes of at least 4 members (excludes halogenated alkanes) is 1. The minimum atomic E-state index is -1.29. The standard InChI is InChI=1S/C49H68N8O9/c1-47(2,3)64-34-23-19-31(20-24-34)26-39(56-44(61)40(57-46(63)66-49(7,8)9)27-30-17-21-33(50)22-18-30)43(60)54-37(16-12-13-25-52-45(62)65-48(4,5)6)42(59)55-38(41(51)58)28-32-29-53-36-15-11-10-14-35(32)36/h10-11,14-15,17-24,29,37-40,53H,12-13,16,25-28,50H2,1-9H3,(H2,51,58)(H,52,62)(H,54,60)(H,55,59)(H,56,61)(H,57,63)/t37-,38-,39-,40-/m0/s1. The maximum Gasteiger partial charge on any atom is 0.408 e. The number of H-pyrrole nitrogens is 1. The van der Waals surface area contributed by atoms with E-state index < -0.39 is 76.8 Å². The number of aromatic amines is 1. The van der Waals surface area contributed by atoms with Gasteiger partial charge >= 0.3 is 12.2 Å². The first-order valence-corrected chi connectivity index (χ1v) is 22.2. The number of hydrogen-bond donors (Lipinski definition) is 8. The third-order valence-corrected chi connectivity index (χ3v) is 9.83. The molecule has 0 radical (unpaired) electrons. The molecule has 0 aliphatic carbocycles. The molecule has 0 saturated heterocycles. The fraction of sp³-hybridized carbons (Fsp3) is 0.469. The first-order valence-electron chi connectivity index (χ1n) is 22.2. The molecule has 0 bridgehead atoms. The summed E-state index contributed by atoms with van der Waals surface area (Å²) >= 11 is 0. The topological polar surface area (TPSA) is 258 Å². The first-order chi connectivity index (χ1) is 30.8. The van der Waals surface area contributed by atoms with Crippen LogP contribution in [0.2, 0.25) is 0 Å². The number of nitrogens with two attached hydrogens (primary N) is 2. The highest BCUT2D eigenvalue weighted by atomic mass is 16.6. The highest BCUT2D eigenvalue weighted by molar-refractivity contribution is 5.95. The van der Waals surface area contributed by atoms with Crippen LogP contribution in [0.4, 0.5) is 15.3 Å². The second kappa shape index (κ2) is 22.9. The van der Waals surface area contributed by atoms with Gasteiger partial charge in [-0.3, -0.25) is 19.2 Å². The summed E-state index contributed by atoms with van der Waals surface area (Å²) in [4.78, 5) is 84.6. The molecule has 6 amide bonds. The van der Waals surface area contributed by atoms with E-state index in [1.54, 1.807) is 96.3 Å². The van der Waals surface area contributed by atoms with Crippen molar-refractivity contribution >= 4 is 52.4 Å². The quantitative estimate of drug-likeness (QED) is 0.0409. The van der Waals surface area contributed by atoms with Gasteiger partial charge in [-0.15, -0.1) is 0 Å². The number of carbonyl (C=O) groups is 6. The maximum absolute atomic E-state index is 14.6. The van der Waals surface area contributed by atoms with E-state index in [1.807, 2.05) is 45.0 Å². The number of hydrogen-bond acceptors (Lipinski definition) is 10. The zero-order valence-electron chi connectivity index (χ0n) is 39.6. The van der Waals surface area contributed by atoms with Crippen LogP contribution in [-0.2, 0) is 47.9 Å². The molecule has 17 nitrogen and oxygen atoms in total. The van der Waals surface area contributed by atoms with Gasteiger partial charge in [-0.2, -0.15) is 0 Å². The Labute approximate surface area is 387 Å². The predicted octanol–water partition coefficient (Wildman–Crippen LogP) is 5.48. The van der Waals surface area contributed by atoms with Gasteiger partial charge in [0.15, 0.2) is 0 Å². The van der Waals surface area contributed by atoms with Gasteiger partial charge in [-0.1, -0.05) is 42.5 Å². The molecule has 0 aliphatic rings. The third-order valence-electron chi connectivity index (χ3n) is 9.83. The largest absolute Gasteiger partial charge is 0.488 e. The van der Waals surface area contributed by atoms with Crippen LogP contribution in [0.1, 0.15) is 98.3 Å². The normalized spacial score (nSPS) is 13.6. The van der Waals surface area contributed by atoms with Crippen molar-refractivity contribution in [2.45, 2.75) is 142 Å². The van der Waals surface area contributed by atoms with Crippen molar-refractivity contribution in [2.24, 2.45) is 5.73 Å². The summed E-state index contributed by atoms with van der Waals surface area (Å²) in [6.07, 6.45) is 1.18. The number of aromatic nitrogens is 1. The number of rotatable bonds is 20. The summed E-state index contributed by atoms with van der Waals surface area (Å²) in [5.41, 5.74) is 13.1. The predicted molar refractivity (Wildman–Crippen MR) is 253 cm³/mol. The number of alkyl carbamates (subject to hydrolysis) is 2. The Bertz CT molecular complexity index is 2270. The van der Waals surface area contributed by atoms with E-state index in [2.05, 4.69) is 31.6 Å². The number of primary amides is 1. The molecule has 4 aromatic rings. The smallest absolute Gasteiger partial charge is 0.408 e. The summed E-state index contributed by atoms with van der Waals surface area (Å²) in [5.74, 6) is -2.30. The number of nitrogens with one attached hydrogen (secondary N) is 6. The van der Waals surface area contributed by atoms with Gasteiger partial charge in [-0.05, 0) is 129 Å². The average molecular weight is 913 g/mol. The Morgan fingerprint density at radius 3 is 1.68 bits per heavy atom. The van der Waals surface area contributed by atoms with E-state index in [0.717, 1.165) is 16.5 Å². The first kappa shape index (κ1) is 51.9. The van der Waals surface area contributed by atoms with Gasteiger partial charge in [0.2, 0.25) is 23.6 Å². The molecular formula is C49H68N8O9. The molecular weight excluding hydrogens is 845 g/mol. The molecule has 4 rings (SSSR count). The van der Waals surface area contributed by atoms with Gasteiger partial charge in [0, 0.05) is 48.6 Å². The Hall–Kier alpha value is -6.78. The third kappa shape index (κ3) is 18.0. The van der Waals surface area contributed by atoms with Gasteiger partial charge < -0.3 is 57.2 Å². The summed E-state index contributed by atoms with van der Waals surface area (Å²) in [7, 11) is 0. The van der Waals surface area contributed by atoms with Crippen LogP contribution in [0.15, 0.2) is 79.0 Å². The van der Waals surface area contributed by atoms with Crippen LogP contribution in [0, 0.1) is 0 Å². The van der Waals surface area contributed by atoms with Crippen LogP contribution in [0.25, 0.3) is 10.9 Å². The van der Waals surface area contributed by atoms with E-state index in [9.17, 15) is 28.8 Å². The lowest BCUT2D eigenvalue weighted by atomic mass is 10.0. The average Bonchev–Trinajstić information content (AvgIpc) is 3.61. The molecule has 1 aromatic heterocycles. The molecule has 17 heteroatoms. The number of carbonyl (C=O) groups excluding carboxylic acids is 6. The Morgan fingerprint density at radius 2 is 1.11 bits per heavy atom. The summed E-state index contributed by atoms with van der Waals surface area (Å²) in [6.45, 7) is 16.3. The molecule has 1 heterocycles. The van der Waals surface area contributed by atoms with Crippen molar-refractivity contribution in [2.75, 3.05) is 12.3 Å². The SMILES string of the molecule is CC(C)(C)OC(=O)NCCCC[C@H](NC(=O)[C@H](Cc1ccc(OC(C)(C)C)cc1)NC(=O)[C@H](Cc1ccc(N)cc1)NC(=O)OC(C)(C)C)C(=O)N[C@@H](Cc1c[nH]c2ccccc12)C(N)=O. The van der Waals surface area contributed by atoms with Gasteiger partial charge in [0.05, 0.1) is 0 Å². The number of fused-ring (bicyclic) bond motifs is 1. The highest BCUT2D eigenvalue weighted by Gasteiger charge is 2.33. The van der Waals surface area contributed by atoms with Crippen molar-refractivity contribution in [1.29, 1.82) is 0 Å². The van der Waals surface area contributed by atoms with E-state index in [0.29, 0.717) is 35.4 Å². The molecule has 3 aromatic carbocycles. The zero-order chi connectivity index (χ0) is 48.8. The van der Waals surface area contributed by atoms with Crippen LogP contribution < -0.4 is 42.8 Å². The second-order valence-corrected chi connectivity index (χ2v) is 19.3. The minimum Gasteiger partial charge on any atom is -0.488 e. The number of benzene rings is 3. The molecule has 10 N–H and O–H groups in total. The summed E-state index contributed by atoms with van der Waals surface area (Å²) < 4.78 is 16.8. The van der Waals surface area contributed by atoms with E-state index in [1.165, 1.54) is 0 Å². The maximum atomic E-state index is 14.6. The zero-order valence-corrected chi connectivity index (χ0v) is 39.6. The number of amides is 6. The molecule has 0 fully saturated rings. The van der Waals surface area contributed by atoms with Crippen molar-refractivity contribution in [1.82, 2.24) is 31.6 Å². The van der Waals surface area contributed by atoms with Crippen LogP contribution >= 0.6 is 0 Å². The lowest BCUT2D eigenvalue weighted by Crippen LogP contribution is -2.59. The van der Waals surface area contributed by atoms with Crippen LogP contribution in [0.3, 0.4) is 0 Å². The Morgan fingerprint density at radius 1 is 0.591 bits per heavy atom. The number of nitrogen functional groups attached to an aromatic ring is 1. The fourth-order valence-corrected chi connectivity index (χ4v) is 6.85. The molecule has 0 saturated carbocycles. The van der Waals surface area contributed by atoms with Gasteiger partial charge in [0.25, 0.3) is 0 Å². The van der Waals surface area contributed by atoms with Crippen molar-refractivity contribution in [3.63, 3.8) is 0 Å². The monoisotopic (exact) mass is 913 g/mol. The molecule has 4 atom stereocenters. The lowest BCUT2D eigenvalue weighted by molar-refractivity contribution is -0.133. The van der Waals surface area contributed by atoms with Crippen molar-refractivity contribution in [3.05, 3.63) is 95.7 Å².